The Hall–Kier alpha value is -1.80. The zero-order chi connectivity index (χ0) is 13.4. The van der Waals surface area contributed by atoms with E-state index in [0.29, 0.717) is 0 Å². The van der Waals surface area contributed by atoms with Crippen LogP contribution >= 0.6 is 0 Å². The lowest BCUT2D eigenvalue weighted by atomic mass is 10.1. The molecule has 0 saturated carbocycles. The van der Waals surface area contributed by atoms with Gasteiger partial charge in [-0.15, -0.1) is 0 Å². The van der Waals surface area contributed by atoms with Crippen molar-refractivity contribution in [3.63, 3.8) is 0 Å². The van der Waals surface area contributed by atoms with Gasteiger partial charge in [0, 0.05) is 5.56 Å². The van der Waals surface area contributed by atoms with Crippen molar-refractivity contribution in [2.75, 3.05) is 0 Å². The standard InChI is InChI=1S/C17H18O2/c1-11-5-3-6-12(2)17(11)19-16-8-4-7-13-14(16)9-10-15(13)18/h3-8,15,18H,9-10H2,1-2H3. The molecule has 3 rings (SSSR count). The predicted molar refractivity (Wildman–Crippen MR) is 75.7 cm³/mol. The highest BCUT2D eigenvalue weighted by Gasteiger charge is 2.23. The van der Waals surface area contributed by atoms with Crippen molar-refractivity contribution in [1.29, 1.82) is 0 Å². The van der Waals surface area contributed by atoms with Crippen LogP contribution in [0, 0.1) is 13.8 Å². The van der Waals surface area contributed by atoms with Gasteiger partial charge in [0.2, 0.25) is 0 Å². The van der Waals surface area contributed by atoms with Gasteiger partial charge < -0.3 is 9.84 Å². The van der Waals surface area contributed by atoms with Crippen LogP contribution in [-0.4, -0.2) is 5.11 Å². The summed E-state index contributed by atoms with van der Waals surface area (Å²) in [5.41, 5.74) is 4.44. The molecule has 1 aliphatic rings. The molecule has 1 aliphatic carbocycles. The predicted octanol–water partition coefficient (Wildman–Crippen LogP) is 4.08. The molecule has 0 aromatic heterocycles. The summed E-state index contributed by atoms with van der Waals surface area (Å²) in [4.78, 5) is 0. The summed E-state index contributed by atoms with van der Waals surface area (Å²) in [6.45, 7) is 4.11. The summed E-state index contributed by atoms with van der Waals surface area (Å²) in [5, 5.41) is 9.93. The molecular formula is C17H18O2. The molecule has 0 amide bonds. The first-order valence-corrected chi connectivity index (χ1v) is 6.70. The van der Waals surface area contributed by atoms with E-state index in [9.17, 15) is 5.11 Å². The topological polar surface area (TPSA) is 29.5 Å². The van der Waals surface area contributed by atoms with Crippen LogP contribution in [0.3, 0.4) is 0 Å². The molecule has 0 aliphatic heterocycles. The van der Waals surface area contributed by atoms with Crippen LogP contribution in [0.15, 0.2) is 36.4 Å². The van der Waals surface area contributed by atoms with E-state index in [1.165, 1.54) is 0 Å². The third-order valence-corrected chi connectivity index (χ3v) is 3.82. The average Bonchev–Trinajstić information content (AvgIpc) is 2.77. The van der Waals surface area contributed by atoms with Gasteiger partial charge >= 0.3 is 0 Å². The molecule has 1 N–H and O–H groups in total. The molecule has 1 atom stereocenters. The lowest BCUT2D eigenvalue weighted by molar-refractivity contribution is 0.180. The summed E-state index contributed by atoms with van der Waals surface area (Å²) >= 11 is 0. The van der Waals surface area contributed by atoms with Gasteiger partial charge in [0.25, 0.3) is 0 Å². The third kappa shape index (κ3) is 2.13. The van der Waals surface area contributed by atoms with Crippen molar-refractivity contribution < 1.29 is 9.84 Å². The van der Waals surface area contributed by atoms with E-state index in [1.54, 1.807) is 0 Å². The van der Waals surface area contributed by atoms with Gasteiger partial charge in [0.1, 0.15) is 11.5 Å². The number of para-hydroxylation sites is 1. The smallest absolute Gasteiger partial charge is 0.133 e. The number of aliphatic hydroxyl groups excluding tert-OH is 1. The van der Waals surface area contributed by atoms with E-state index in [1.807, 2.05) is 24.3 Å². The van der Waals surface area contributed by atoms with Crippen molar-refractivity contribution in [3.05, 3.63) is 58.7 Å². The highest BCUT2D eigenvalue weighted by atomic mass is 16.5. The Kier molecular flexibility index (Phi) is 3.03. The lowest BCUT2D eigenvalue weighted by Crippen LogP contribution is -1.95. The lowest BCUT2D eigenvalue weighted by Gasteiger charge is -2.14. The monoisotopic (exact) mass is 254 g/mol. The van der Waals surface area contributed by atoms with E-state index in [-0.39, 0.29) is 6.10 Å². The summed E-state index contributed by atoms with van der Waals surface area (Å²) in [6, 6.07) is 12.1. The van der Waals surface area contributed by atoms with E-state index in [4.69, 9.17) is 4.74 Å². The molecule has 2 aromatic rings. The van der Waals surface area contributed by atoms with Crippen LogP contribution in [0.5, 0.6) is 11.5 Å². The molecule has 0 radical (unpaired) electrons. The van der Waals surface area contributed by atoms with Crippen molar-refractivity contribution in [2.24, 2.45) is 0 Å². The second kappa shape index (κ2) is 4.71. The SMILES string of the molecule is Cc1cccc(C)c1Oc1cccc2c1CCC2O. The Morgan fingerprint density at radius 1 is 1.05 bits per heavy atom. The first-order valence-electron chi connectivity index (χ1n) is 6.70. The second-order valence-electron chi connectivity index (χ2n) is 5.20. The first-order chi connectivity index (χ1) is 9.16. The minimum Gasteiger partial charge on any atom is -0.457 e. The number of fused-ring (bicyclic) bond motifs is 1. The highest BCUT2D eigenvalue weighted by molar-refractivity contribution is 5.49. The summed E-state index contributed by atoms with van der Waals surface area (Å²) in [7, 11) is 0. The van der Waals surface area contributed by atoms with Crippen LogP contribution in [0.1, 0.15) is 34.8 Å². The molecular weight excluding hydrogens is 236 g/mol. The molecule has 0 heterocycles. The van der Waals surface area contributed by atoms with E-state index in [0.717, 1.165) is 46.6 Å². The van der Waals surface area contributed by atoms with Gasteiger partial charge in [-0.3, -0.25) is 0 Å². The molecule has 0 fully saturated rings. The minimum atomic E-state index is -0.337. The van der Waals surface area contributed by atoms with E-state index < -0.39 is 0 Å². The van der Waals surface area contributed by atoms with Crippen molar-refractivity contribution in [1.82, 2.24) is 0 Å². The zero-order valence-electron chi connectivity index (χ0n) is 11.3. The quantitative estimate of drug-likeness (QED) is 0.875. The van der Waals surface area contributed by atoms with Crippen LogP contribution in [-0.2, 0) is 6.42 Å². The number of aryl methyl sites for hydroxylation is 2. The summed E-state index contributed by atoms with van der Waals surface area (Å²) in [5.74, 6) is 1.81. The maximum atomic E-state index is 9.93. The number of aliphatic hydroxyl groups is 1. The first kappa shape index (κ1) is 12.2. The van der Waals surface area contributed by atoms with Crippen LogP contribution in [0.4, 0.5) is 0 Å². The van der Waals surface area contributed by atoms with Gasteiger partial charge in [-0.1, -0.05) is 30.3 Å². The third-order valence-electron chi connectivity index (χ3n) is 3.82. The maximum absolute atomic E-state index is 9.93. The van der Waals surface area contributed by atoms with Gasteiger partial charge in [-0.25, -0.2) is 0 Å². The number of rotatable bonds is 2. The number of hydrogen-bond acceptors (Lipinski definition) is 2. The summed E-state index contributed by atoms with van der Waals surface area (Å²) < 4.78 is 6.12. The largest absolute Gasteiger partial charge is 0.457 e. The molecule has 1 unspecified atom stereocenters. The Morgan fingerprint density at radius 3 is 2.47 bits per heavy atom. The molecule has 19 heavy (non-hydrogen) atoms. The van der Waals surface area contributed by atoms with Gasteiger partial charge in [0.15, 0.2) is 0 Å². The van der Waals surface area contributed by atoms with Crippen LogP contribution in [0.25, 0.3) is 0 Å². The molecule has 2 heteroatoms. The fraction of sp³-hybridized carbons (Fsp3) is 0.294. The second-order valence-corrected chi connectivity index (χ2v) is 5.20. The van der Waals surface area contributed by atoms with Crippen LogP contribution in [0.2, 0.25) is 0 Å². The molecule has 2 nitrogen and oxygen atoms in total. The summed E-state index contributed by atoms with van der Waals surface area (Å²) in [6.07, 6.45) is 1.34. The molecule has 0 bridgehead atoms. The average molecular weight is 254 g/mol. The van der Waals surface area contributed by atoms with Crippen LogP contribution < -0.4 is 4.74 Å². The normalized spacial score (nSPS) is 17.3. The number of benzene rings is 2. The fourth-order valence-corrected chi connectivity index (χ4v) is 2.76. The van der Waals surface area contributed by atoms with E-state index >= 15 is 0 Å². The van der Waals surface area contributed by atoms with Crippen molar-refractivity contribution >= 4 is 0 Å². The zero-order valence-corrected chi connectivity index (χ0v) is 11.3. The van der Waals surface area contributed by atoms with Gasteiger partial charge in [-0.05, 0) is 49.4 Å². The molecule has 0 spiro atoms. The Bertz CT molecular complexity index is 596. The molecule has 0 saturated heterocycles. The minimum absolute atomic E-state index is 0.337. The number of ether oxygens (including phenoxy) is 1. The van der Waals surface area contributed by atoms with Gasteiger partial charge in [-0.2, -0.15) is 0 Å². The van der Waals surface area contributed by atoms with Crippen molar-refractivity contribution in [3.8, 4) is 11.5 Å². The maximum Gasteiger partial charge on any atom is 0.133 e. The highest BCUT2D eigenvalue weighted by Crippen LogP contribution is 2.39. The number of hydrogen-bond donors (Lipinski definition) is 1. The Balaban J connectivity index is 2.01. The Labute approximate surface area is 113 Å². The fourth-order valence-electron chi connectivity index (χ4n) is 2.76. The van der Waals surface area contributed by atoms with Crippen molar-refractivity contribution in [2.45, 2.75) is 32.8 Å². The van der Waals surface area contributed by atoms with Gasteiger partial charge in [0.05, 0.1) is 6.10 Å². The molecule has 2 aromatic carbocycles. The molecule has 98 valence electrons. The Morgan fingerprint density at radius 2 is 1.74 bits per heavy atom. The van der Waals surface area contributed by atoms with E-state index in [2.05, 4.69) is 26.0 Å².